The van der Waals surface area contributed by atoms with Crippen molar-refractivity contribution in [3.8, 4) is 5.88 Å². The molecule has 0 saturated carbocycles. The number of rotatable bonds is 10. The highest BCUT2D eigenvalue weighted by Crippen LogP contribution is 2.18. The van der Waals surface area contributed by atoms with E-state index in [1.807, 2.05) is 12.1 Å². The smallest absolute Gasteiger partial charge is 0.213 e. The summed E-state index contributed by atoms with van der Waals surface area (Å²) < 4.78 is 5.69. The highest BCUT2D eigenvalue weighted by Gasteiger charge is 2.05. The molecule has 0 spiro atoms. The topological polar surface area (TPSA) is 34.1 Å². The Hall–Kier alpha value is -0.800. The first-order valence-corrected chi connectivity index (χ1v) is 8.03. The van der Waals surface area contributed by atoms with Gasteiger partial charge in [0.25, 0.3) is 0 Å². The molecule has 0 unspecified atom stereocenters. The van der Waals surface area contributed by atoms with Gasteiger partial charge < -0.3 is 10.1 Å². The number of hydrogen-bond donors (Lipinski definition) is 1. The molecule has 114 valence electrons. The van der Waals surface area contributed by atoms with E-state index in [4.69, 9.17) is 16.3 Å². The maximum absolute atomic E-state index is 6.14. The van der Waals surface area contributed by atoms with Gasteiger partial charge in [0, 0.05) is 18.7 Å². The first-order valence-electron chi connectivity index (χ1n) is 7.65. The molecular formula is C16H27ClN2O. The molecule has 0 aromatic carbocycles. The van der Waals surface area contributed by atoms with Crippen LogP contribution in [-0.2, 0) is 6.54 Å². The summed E-state index contributed by atoms with van der Waals surface area (Å²) in [7, 11) is 0. The zero-order chi connectivity index (χ0) is 14.8. The molecule has 0 aliphatic carbocycles. The van der Waals surface area contributed by atoms with Crippen molar-refractivity contribution in [1.82, 2.24) is 10.3 Å². The zero-order valence-corrected chi connectivity index (χ0v) is 13.7. The number of nitrogens with one attached hydrogen (secondary N) is 1. The van der Waals surface area contributed by atoms with Gasteiger partial charge in [-0.3, -0.25) is 0 Å². The fraction of sp³-hybridized carbons (Fsp3) is 0.688. The Morgan fingerprint density at radius 2 is 1.95 bits per heavy atom. The molecule has 20 heavy (non-hydrogen) atoms. The van der Waals surface area contributed by atoms with Crippen LogP contribution in [-0.4, -0.2) is 17.6 Å². The SMILES string of the molecule is CCCCCCCOc1ccc(Cl)c(CNC(C)C)n1. The molecule has 0 saturated heterocycles. The highest BCUT2D eigenvalue weighted by molar-refractivity contribution is 6.31. The lowest BCUT2D eigenvalue weighted by Gasteiger charge is -2.11. The lowest BCUT2D eigenvalue weighted by molar-refractivity contribution is 0.292. The van der Waals surface area contributed by atoms with E-state index in [0.29, 0.717) is 23.5 Å². The van der Waals surface area contributed by atoms with Gasteiger partial charge in [-0.2, -0.15) is 0 Å². The van der Waals surface area contributed by atoms with E-state index in [9.17, 15) is 0 Å². The van der Waals surface area contributed by atoms with E-state index in [1.165, 1.54) is 25.7 Å². The van der Waals surface area contributed by atoms with Crippen LogP contribution in [0.15, 0.2) is 12.1 Å². The lowest BCUT2D eigenvalue weighted by Crippen LogP contribution is -2.22. The largest absolute Gasteiger partial charge is 0.478 e. The van der Waals surface area contributed by atoms with Crippen LogP contribution >= 0.6 is 11.6 Å². The van der Waals surface area contributed by atoms with Crippen molar-refractivity contribution in [3.05, 3.63) is 22.8 Å². The number of ether oxygens (including phenoxy) is 1. The van der Waals surface area contributed by atoms with Crippen molar-refractivity contribution >= 4 is 11.6 Å². The maximum atomic E-state index is 6.14. The Kier molecular flexibility index (Phi) is 8.63. The molecule has 0 aliphatic heterocycles. The second kappa shape index (κ2) is 10.0. The van der Waals surface area contributed by atoms with E-state index < -0.39 is 0 Å². The summed E-state index contributed by atoms with van der Waals surface area (Å²) in [5, 5.41) is 4.01. The fourth-order valence-corrected chi connectivity index (χ4v) is 2.02. The molecule has 1 aromatic rings. The number of unbranched alkanes of at least 4 members (excludes halogenated alkanes) is 4. The Balaban J connectivity index is 2.36. The van der Waals surface area contributed by atoms with Gasteiger partial charge in [-0.15, -0.1) is 0 Å². The fourth-order valence-electron chi connectivity index (χ4n) is 1.85. The third kappa shape index (κ3) is 7.11. The molecule has 1 aromatic heterocycles. The predicted octanol–water partition coefficient (Wildman–Crippen LogP) is 4.58. The van der Waals surface area contributed by atoms with Crippen LogP contribution in [0.4, 0.5) is 0 Å². The van der Waals surface area contributed by atoms with Crippen LogP contribution in [0.25, 0.3) is 0 Å². The zero-order valence-electron chi connectivity index (χ0n) is 12.9. The highest BCUT2D eigenvalue weighted by atomic mass is 35.5. The minimum absolute atomic E-state index is 0.413. The predicted molar refractivity (Wildman–Crippen MR) is 85.5 cm³/mol. The summed E-state index contributed by atoms with van der Waals surface area (Å²) >= 11 is 6.14. The molecule has 0 fully saturated rings. The summed E-state index contributed by atoms with van der Waals surface area (Å²) in [5.74, 6) is 0.672. The lowest BCUT2D eigenvalue weighted by atomic mass is 10.2. The average Bonchev–Trinajstić information content (AvgIpc) is 2.42. The van der Waals surface area contributed by atoms with Crippen molar-refractivity contribution in [2.24, 2.45) is 0 Å². The van der Waals surface area contributed by atoms with Gasteiger partial charge in [-0.1, -0.05) is 58.1 Å². The number of pyridine rings is 1. The van der Waals surface area contributed by atoms with Gasteiger partial charge >= 0.3 is 0 Å². The van der Waals surface area contributed by atoms with Gasteiger partial charge in [-0.05, 0) is 12.5 Å². The Morgan fingerprint density at radius 3 is 2.65 bits per heavy atom. The van der Waals surface area contributed by atoms with E-state index >= 15 is 0 Å². The second-order valence-electron chi connectivity index (χ2n) is 5.38. The quantitative estimate of drug-likeness (QED) is 0.642. The first-order chi connectivity index (χ1) is 9.63. The molecule has 1 N–H and O–H groups in total. The van der Waals surface area contributed by atoms with Crippen LogP contribution in [0.3, 0.4) is 0 Å². The molecule has 0 bridgehead atoms. The third-order valence-corrected chi connectivity index (χ3v) is 3.41. The van der Waals surface area contributed by atoms with E-state index in [1.54, 1.807) is 0 Å². The van der Waals surface area contributed by atoms with Crippen molar-refractivity contribution in [3.63, 3.8) is 0 Å². The average molecular weight is 299 g/mol. The molecule has 4 heteroatoms. The van der Waals surface area contributed by atoms with Gasteiger partial charge in [-0.25, -0.2) is 4.98 Å². The number of nitrogens with zero attached hydrogens (tertiary/aromatic N) is 1. The van der Waals surface area contributed by atoms with E-state index in [-0.39, 0.29) is 0 Å². The van der Waals surface area contributed by atoms with Crippen LogP contribution in [0.5, 0.6) is 5.88 Å². The van der Waals surface area contributed by atoms with Crippen LogP contribution < -0.4 is 10.1 Å². The summed E-state index contributed by atoms with van der Waals surface area (Å²) in [4.78, 5) is 4.46. The molecule has 1 heterocycles. The van der Waals surface area contributed by atoms with Crippen molar-refractivity contribution < 1.29 is 4.74 Å². The second-order valence-corrected chi connectivity index (χ2v) is 5.78. The summed E-state index contributed by atoms with van der Waals surface area (Å²) in [5.41, 5.74) is 0.851. The van der Waals surface area contributed by atoms with Gasteiger partial charge in [0.05, 0.1) is 17.3 Å². The molecule has 0 amide bonds. The molecule has 0 aliphatic rings. The standard InChI is InChI=1S/C16H27ClN2O/c1-4-5-6-7-8-11-20-16-10-9-14(17)15(19-16)12-18-13(2)3/h9-10,13,18H,4-8,11-12H2,1-3H3. The summed E-state index contributed by atoms with van der Waals surface area (Å²) in [6.07, 6.45) is 6.18. The van der Waals surface area contributed by atoms with Gasteiger partial charge in [0.1, 0.15) is 0 Å². The van der Waals surface area contributed by atoms with Crippen LogP contribution in [0.2, 0.25) is 5.02 Å². The normalized spacial score (nSPS) is 11.1. The van der Waals surface area contributed by atoms with Crippen LogP contribution in [0, 0.1) is 0 Å². The number of hydrogen-bond acceptors (Lipinski definition) is 3. The Labute approximate surface area is 128 Å². The minimum Gasteiger partial charge on any atom is -0.478 e. The van der Waals surface area contributed by atoms with Crippen molar-refractivity contribution in [1.29, 1.82) is 0 Å². The maximum Gasteiger partial charge on any atom is 0.213 e. The van der Waals surface area contributed by atoms with Gasteiger partial charge in [0.2, 0.25) is 5.88 Å². The molecule has 0 radical (unpaired) electrons. The van der Waals surface area contributed by atoms with Crippen molar-refractivity contribution in [2.45, 2.75) is 65.5 Å². The molecule has 1 rings (SSSR count). The summed E-state index contributed by atoms with van der Waals surface area (Å²) in [6.45, 7) is 7.83. The monoisotopic (exact) mass is 298 g/mol. The molecular weight excluding hydrogens is 272 g/mol. The van der Waals surface area contributed by atoms with Crippen molar-refractivity contribution in [2.75, 3.05) is 6.61 Å². The minimum atomic E-state index is 0.413. The third-order valence-electron chi connectivity index (χ3n) is 3.07. The number of halogens is 1. The Morgan fingerprint density at radius 1 is 1.20 bits per heavy atom. The van der Waals surface area contributed by atoms with E-state index in [2.05, 4.69) is 31.1 Å². The van der Waals surface area contributed by atoms with Gasteiger partial charge in [0.15, 0.2) is 0 Å². The molecule has 0 atom stereocenters. The van der Waals surface area contributed by atoms with E-state index in [0.717, 1.165) is 18.7 Å². The Bertz CT molecular complexity index is 383. The van der Waals surface area contributed by atoms with Crippen LogP contribution in [0.1, 0.15) is 58.6 Å². The number of aromatic nitrogens is 1. The summed E-state index contributed by atoms with van der Waals surface area (Å²) in [6, 6.07) is 4.11. The first kappa shape index (κ1) is 17.3. The molecule has 3 nitrogen and oxygen atoms in total.